The van der Waals surface area contributed by atoms with E-state index in [1.807, 2.05) is 62.4 Å². The van der Waals surface area contributed by atoms with E-state index in [2.05, 4.69) is 11.4 Å². The lowest BCUT2D eigenvalue weighted by atomic mass is 9.81. The fourth-order valence-electron chi connectivity index (χ4n) is 3.88. The van der Waals surface area contributed by atoms with Crippen molar-refractivity contribution in [1.29, 1.82) is 5.26 Å². The van der Waals surface area contributed by atoms with E-state index in [4.69, 9.17) is 0 Å². The summed E-state index contributed by atoms with van der Waals surface area (Å²) >= 11 is 0. The molecule has 0 radical (unpaired) electrons. The van der Waals surface area contributed by atoms with Crippen molar-refractivity contribution in [1.82, 2.24) is 10.2 Å². The van der Waals surface area contributed by atoms with E-state index >= 15 is 0 Å². The van der Waals surface area contributed by atoms with Crippen molar-refractivity contribution >= 4 is 11.9 Å². The first-order valence-electron chi connectivity index (χ1n) is 9.72. The molecule has 4 rings (SSSR count). The van der Waals surface area contributed by atoms with Crippen molar-refractivity contribution in [3.8, 4) is 6.07 Å². The zero-order valence-electron chi connectivity index (χ0n) is 16.8. The Labute approximate surface area is 175 Å². The van der Waals surface area contributed by atoms with E-state index in [1.54, 1.807) is 24.3 Å². The Morgan fingerprint density at radius 2 is 1.60 bits per heavy atom. The summed E-state index contributed by atoms with van der Waals surface area (Å²) in [7, 11) is 0. The number of nitrogens with one attached hydrogen (secondary N) is 1. The summed E-state index contributed by atoms with van der Waals surface area (Å²) in [4.78, 5) is 28.0. The maximum absolute atomic E-state index is 13.8. The molecule has 3 aromatic carbocycles. The SMILES string of the molecule is Cc1ccc(C2(c3ccccc3)NC(=O)N(Cc3ccccc3C#N)C2=O)cc1C. The van der Waals surface area contributed by atoms with Gasteiger partial charge in [0, 0.05) is 0 Å². The highest BCUT2D eigenvalue weighted by atomic mass is 16.2. The smallest absolute Gasteiger partial charge is 0.315 e. The molecule has 30 heavy (non-hydrogen) atoms. The summed E-state index contributed by atoms with van der Waals surface area (Å²) in [6.07, 6.45) is 0. The van der Waals surface area contributed by atoms with Gasteiger partial charge in [0.05, 0.1) is 18.2 Å². The van der Waals surface area contributed by atoms with Crippen LogP contribution >= 0.6 is 0 Å². The number of nitriles is 1. The van der Waals surface area contributed by atoms with Gasteiger partial charge in [-0.25, -0.2) is 4.79 Å². The molecule has 0 saturated carbocycles. The van der Waals surface area contributed by atoms with Gasteiger partial charge >= 0.3 is 6.03 Å². The van der Waals surface area contributed by atoms with E-state index in [9.17, 15) is 14.9 Å². The predicted octanol–water partition coefficient (Wildman–Crippen LogP) is 4.17. The van der Waals surface area contributed by atoms with Crippen molar-refractivity contribution in [3.05, 3.63) is 106 Å². The first kappa shape index (κ1) is 19.4. The first-order chi connectivity index (χ1) is 14.5. The monoisotopic (exact) mass is 395 g/mol. The van der Waals surface area contributed by atoms with Gasteiger partial charge in [0.1, 0.15) is 0 Å². The standard InChI is InChI=1S/C25H21N3O2/c1-17-12-13-22(14-18(17)2)25(21-10-4-3-5-11-21)23(29)28(24(30)27-25)16-20-9-7-6-8-19(20)15-26/h3-14H,16H2,1-2H3,(H,27,30). The van der Waals surface area contributed by atoms with E-state index in [-0.39, 0.29) is 12.5 Å². The molecule has 1 heterocycles. The van der Waals surface area contributed by atoms with Crippen molar-refractivity contribution < 1.29 is 9.59 Å². The highest BCUT2D eigenvalue weighted by Gasteiger charge is 2.53. The molecule has 1 aliphatic heterocycles. The number of carbonyl (C=O) groups is 2. The predicted molar refractivity (Wildman–Crippen MR) is 113 cm³/mol. The molecule has 148 valence electrons. The van der Waals surface area contributed by atoms with Crippen LogP contribution in [-0.2, 0) is 16.9 Å². The lowest BCUT2D eigenvalue weighted by Crippen LogP contribution is -2.45. The maximum atomic E-state index is 13.8. The zero-order chi connectivity index (χ0) is 21.3. The molecule has 1 saturated heterocycles. The molecule has 0 spiro atoms. The first-order valence-corrected chi connectivity index (χ1v) is 9.72. The Balaban J connectivity index is 1.84. The second kappa shape index (κ2) is 7.49. The molecule has 3 aromatic rings. The van der Waals surface area contributed by atoms with Gasteiger partial charge in [-0.3, -0.25) is 9.69 Å². The minimum atomic E-state index is -1.31. The molecule has 1 atom stereocenters. The lowest BCUT2D eigenvalue weighted by molar-refractivity contribution is -0.130. The quantitative estimate of drug-likeness (QED) is 0.674. The van der Waals surface area contributed by atoms with Crippen LogP contribution in [0.5, 0.6) is 0 Å². The van der Waals surface area contributed by atoms with Gasteiger partial charge in [-0.15, -0.1) is 0 Å². The van der Waals surface area contributed by atoms with E-state index < -0.39 is 11.6 Å². The molecule has 1 unspecified atom stereocenters. The molecule has 0 bridgehead atoms. The number of amides is 3. The number of benzene rings is 3. The molecule has 0 aliphatic carbocycles. The molecule has 1 aliphatic rings. The van der Waals surface area contributed by atoms with Crippen molar-refractivity contribution in [3.63, 3.8) is 0 Å². The van der Waals surface area contributed by atoms with Gasteiger partial charge in [-0.1, -0.05) is 66.7 Å². The van der Waals surface area contributed by atoms with Gasteiger partial charge in [0.15, 0.2) is 5.54 Å². The molecular formula is C25H21N3O2. The van der Waals surface area contributed by atoms with E-state index in [0.717, 1.165) is 11.1 Å². The number of aryl methyl sites for hydroxylation is 2. The molecule has 1 N–H and O–H groups in total. The summed E-state index contributed by atoms with van der Waals surface area (Å²) < 4.78 is 0. The van der Waals surface area contributed by atoms with Crippen molar-refractivity contribution in [2.24, 2.45) is 0 Å². The minimum Gasteiger partial charge on any atom is -0.315 e. The van der Waals surface area contributed by atoms with Crippen LogP contribution in [0.1, 0.15) is 33.4 Å². The summed E-state index contributed by atoms with van der Waals surface area (Å²) in [5, 5.41) is 12.3. The molecule has 5 nitrogen and oxygen atoms in total. The fourth-order valence-corrected chi connectivity index (χ4v) is 3.88. The van der Waals surface area contributed by atoms with Gasteiger partial charge in [-0.2, -0.15) is 5.26 Å². The van der Waals surface area contributed by atoms with Gasteiger partial charge in [0.25, 0.3) is 5.91 Å². The van der Waals surface area contributed by atoms with Crippen LogP contribution in [0.2, 0.25) is 0 Å². The summed E-state index contributed by atoms with van der Waals surface area (Å²) in [6.45, 7) is 4.03. The van der Waals surface area contributed by atoms with E-state index in [0.29, 0.717) is 22.3 Å². The number of nitrogens with zero attached hydrogens (tertiary/aromatic N) is 2. The Bertz CT molecular complexity index is 1180. The normalized spacial score (nSPS) is 18.2. The Hall–Kier alpha value is -3.91. The van der Waals surface area contributed by atoms with Gasteiger partial charge < -0.3 is 5.32 Å². The molecule has 0 aromatic heterocycles. The summed E-state index contributed by atoms with van der Waals surface area (Å²) in [6, 6.07) is 23.7. The maximum Gasteiger partial charge on any atom is 0.325 e. The summed E-state index contributed by atoms with van der Waals surface area (Å²) in [5.41, 5.74) is 3.33. The van der Waals surface area contributed by atoms with Crippen LogP contribution in [0.15, 0.2) is 72.8 Å². The van der Waals surface area contributed by atoms with Crippen LogP contribution in [0, 0.1) is 25.2 Å². The number of hydrogen-bond acceptors (Lipinski definition) is 3. The number of hydrogen-bond donors (Lipinski definition) is 1. The number of rotatable bonds is 4. The van der Waals surface area contributed by atoms with Gasteiger partial charge in [-0.05, 0) is 47.7 Å². The van der Waals surface area contributed by atoms with Crippen LogP contribution in [0.3, 0.4) is 0 Å². The largest absolute Gasteiger partial charge is 0.325 e. The zero-order valence-corrected chi connectivity index (χ0v) is 16.8. The third-order valence-electron chi connectivity index (χ3n) is 5.72. The number of carbonyl (C=O) groups excluding carboxylic acids is 2. The topological polar surface area (TPSA) is 73.2 Å². The third kappa shape index (κ3) is 3.03. The van der Waals surface area contributed by atoms with E-state index in [1.165, 1.54) is 4.90 Å². The second-order valence-electron chi connectivity index (χ2n) is 7.51. The summed E-state index contributed by atoms with van der Waals surface area (Å²) in [5.74, 6) is -0.352. The van der Waals surface area contributed by atoms with Crippen LogP contribution in [0.4, 0.5) is 4.79 Å². The number of urea groups is 1. The molecule has 3 amide bonds. The molecule has 5 heteroatoms. The Morgan fingerprint density at radius 1 is 0.900 bits per heavy atom. The second-order valence-corrected chi connectivity index (χ2v) is 7.51. The fraction of sp³-hybridized carbons (Fsp3) is 0.160. The van der Waals surface area contributed by atoms with Crippen LogP contribution in [0.25, 0.3) is 0 Å². The Kier molecular flexibility index (Phi) is 4.85. The lowest BCUT2D eigenvalue weighted by Gasteiger charge is -2.28. The highest BCUT2D eigenvalue weighted by Crippen LogP contribution is 2.37. The van der Waals surface area contributed by atoms with Crippen LogP contribution in [-0.4, -0.2) is 16.8 Å². The average molecular weight is 395 g/mol. The van der Waals surface area contributed by atoms with Crippen molar-refractivity contribution in [2.75, 3.05) is 0 Å². The Morgan fingerprint density at radius 3 is 2.30 bits per heavy atom. The molecular weight excluding hydrogens is 374 g/mol. The van der Waals surface area contributed by atoms with Crippen LogP contribution < -0.4 is 5.32 Å². The number of imide groups is 1. The minimum absolute atomic E-state index is 0.0355. The molecule has 1 fully saturated rings. The third-order valence-corrected chi connectivity index (χ3v) is 5.72. The average Bonchev–Trinajstić information content (AvgIpc) is 3.02. The van der Waals surface area contributed by atoms with Crippen molar-refractivity contribution in [2.45, 2.75) is 25.9 Å². The highest BCUT2D eigenvalue weighted by molar-refractivity contribution is 6.09. The van der Waals surface area contributed by atoms with Gasteiger partial charge in [0.2, 0.25) is 0 Å².